The van der Waals surface area contributed by atoms with Gasteiger partial charge in [0, 0.05) is 6.08 Å². The quantitative estimate of drug-likeness (QED) is 0.639. The lowest BCUT2D eigenvalue weighted by Gasteiger charge is -2.07. The van der Waals surface area contributed by atoms with Gasteiger partial charge in [0.1, 0.15) is 0 Å². The predicted molar refractivity (Wildman–Crippen MR) is 63.4 cm³/mol. The zero-order chi connectivity index (χ0) is 14.3. The lowest BCUT2D eigenvalue weighted by Crippen LogP contribution is -2.11. The molecule has 0 radical (unpaired) electrons. The fraction of sp³-hybridized carbons (Fsp3) is 0.308. The number of carboxylic acid groups (broad SMARTS) is 1. The molecule has 0 aliphatic rings. The van der Waals surface area contributed by atoms with Crippen molar-refractivity contribution in [2.75, 3.05) is 6.61 Å². The van der Waals surface area contributed by atoms with E-state index in [1.54, 1.807) is 24.3 Å². The van der Waals surface area contributed by atoms with E-state index in [4.69, 9.17) is 9.84 Å². The first kappa shape index (κ1) is 15.2. The molecule has 3 nitrogen and oxygen atoms in total. The van der Waals surface area contributed by atoms with Gasteiger partial charge in [0.2, 0.25) is 0 Å². The van der Waals surface area contributed by atoms with Gasteiger partial charge in [-0.15, -0.1) is 0 Å². The summed E-state index contributed by atoms with van der Waals surface area (Å²) in [5, 5.41) is 8.48. The van der Waals surface area contributed by atoms with Crippen LogP contribution >= 0.6 is 0 Å². The molecule has 0 spiro atoms. The Morgan fingerprint density at radius 3 is 2.74 bits per heavy atom. The molecule has 6 heteroatoms. The van der Waals surface area contributed by atoms with E-state index in [1.807, 2.05) is 0 Å². The van der Waals surface area contributed by atoms with Crippen LogP contribution in [0.25, 0.3) is 6.08 Å². The van der Waals surface area contributed by atoms with Crippen LogP contribution in [0.15, 0.2) is 30.3 Å². The van der Waals surface area contributed by atoms with E-state index in [9.17, 15) is 18.0 Å². The van der Waals surface area contributed by atoms with Crippen LogP contribution in [-0.4, -0.2) is 23.9 Å². The Bertz CT molecular complexity index is 453. The number of ether oxygens (including phenoxy) is 1. The summed E-state index contributed by atoms with van der Waals surface area (Å²) in [4.78, 5) is 10.3. The molecule has 1 aromatic carbocycles. The molecule has 0 fully saturated rings. The largest absolute Gasteiger partial charge is 0.478 e. The van der Waals surface area contributed by atoms with Crippen molar-refractivity contribution in [3.05, 3.63) is 41.5 Å². The minimum Gasteiger partial charge on any atom is -0.478 e. The van der Waals surface area contributed by atoms with Crippen LogP contribution in [-0.2, 0) is 16.1 Å². The second-order valence-electron chi connectivity index (χ2n) is 3.83. The Balaban J connectivity index is 2.46. The summed E-state index contributed by atoms with van der Waals surface area (Å²) >= 11 is 0. The van der Waals surface area contributed by atoms with Crippen LogP contribution in [0.5, 0.6) is 0 Å². The van der Waals surface area contributed by atoms with Crippen LogP contribution in [0, 0.1) is 0 Å². The molecule has 0 amide bonds. The maximum atomic E-state index is 11.9. The first-order valence-electron chi connectivity index (χ1n) is 5.51. The number of alkyl halides is 3. The monoisotopic (exact) mass is 274 g/mol. The third-order valence-corrected chi connectivity index (χ3v) is 2.17. The highest BCUT2D eigenvalue weighted by Gasteiger charge is 2.26. The highest BCUT2D eigenvalue weighted by atomic mass is 19.4. The summed E-state index contributed by atoms with van der Waals surface area (Å²) < 4.78 is 40.5. The van der Waals surface area contributed by atoms with Crippen molar-refractivity contribution in [2.45, 2.75) is 19.2 Å². The Hall–Kier alpha value is -1.82. The number of carbonyl (C=O) groups is 1. The summed E-state index contributed by atoms with van der Waals surface area (Å²) in [5.41, 5.74) is 1.34. The van der Waals surface area contributed by atoms with Gasteiger partial charge in [-0.2, -0.15) is 13.2 Å². The lowest BCUT2D eigenvalue weighted by molar-refractivity contribution is -0.146. The number of hydrogen-bond acceptors (Lipinski definition) is 2. The fourth-order valence-electron chi connectivity index (χ4n) is 1.33. The van der Waals surface area contributed by atoms with Crippen molar-refractivity contribution in [3.63, 3.8) is 0 Å². The summed E-state index contributed by atoms with van der Waals surface area (Å²) in [5.74, 6) is -1.06. The molecule has 0 heterocycles. The van der Waals surface area contributed by atoms with Crippen molar-refractivity contribution < 1.29 is 27.8 Å². The van der Waals surface area contributed by atoms with Crippen molar-refractivity contribution in [1.82, 2.24) is 0 Å². The van der Waals surface area contributed by atoms with E-state index in [0.29, 0.717) is 11.1 Å². The van der Waals surface area contributed by atoms with E-state index in [0.717, 1.165) is 6.08 Å². The Kier molecular flexibility index (Phi) is 5.57. The molecule has 1 N–H and O–H groups in total. The Labute approximate surface area is 108 Å². The number of benzene rings is 1. The summed E-state index contributed by atoms with van der Waals surface area (Å²) in [7, 11) is 0. The second-order valence-corrected chi connectivity index (χ2v) is 3.83. The third kappa shape index (κ3) is 7.25. The highest BCUT2D eigenvalue weighted by Crippen LogP contribution is 2.19. The number of carboxylic acids is 1. The average Bonchev–Trinajstić information content (AvgIpc) is 2.32. The highest BCUT2D eigenvalue weighted by molar-refractivity contribution is 5.85. The van der Waals surface area contributed by atoms with Gasteiger partial charge in [0.25, 0.3) is 0 Å². The molecule has 1 aromatic rings. The first-order valence-corrected chi connectivity index (χ1v) is 5.51. The van der Waals surface area contributed by atoms with Crippen molar-refractivity contribution in [2.24, 2.45) is 0 Å². The summed E-state index contributed by atoms with van der Waals surface area (Å²) in [6.45, 7) is -0.330. The molecule has 1 rings (SSSR count). The third-order valence-electron chi connectivity index (χ3n) is 2.17. The molecule has 104 valence electrons. The molecule has 0 aliphatic carbocycles. The van der Waals surface area contributed by atoms with Gasteiger partial charge in [0.15, 0.2) is 0 Å². The predicted octanol–water partition coefficient (Wildman–Crippen LogP) is 3.25. The second kappa shape index (κ2) is 6.94. The summed E-state index contributed by atoms with van der Waals surface area (Å²) in [6.07, 6.45) is -2.80. The Morgan fingerprint density at radius 2 is 2.11 bits per heavy atom. The molecule has 19 heavy (non-hydrogen) atoms. The van der Waals surface area contributed by atoms with E-state index < -0.39 is 25.2 Å². The molecule has 0 saturated carbocycles. The van der Waals surface area contributed by atoms with Crippen molar-refractivity contribution in [1.29, 1.82) is 0 Å². The van der Waals surface area contributed by atoms with Crippen LogP contribution in [0.3, 0.4) is 0 Å². The normalized spacial score (nSPS) is 11.9. The number of halogens is 3. The van der Waals surface area contributed by atoms with Crippen LogP contribution in [0.2, 0.25) is 0 Å². The van der Waals surface area contributed by atoms with Gasteiger partial charge >= 0.3 is 12.1 Å². The average molecular weight is 274 g/mol. The first-order chi connectivity index (χ1) is 8.87. The van der Waals surface area contributed by atoms with Gasteiger partial charge < -0.3 is 9.84 Å². The van der Waals surface area contributed by atoms with Crippen molar-refractivity contribution in [3.8, 4) is 0 Å². The zero-order valence-electron chi connectivity index (χ0n) is 9.98. The minimum atomic E-state index is -4.22. The maximum Gasteiger partial charge on any atom is 0.391 e. The maximum absolute atomic E-state index is 11.9. The zero-order valence-corrected chi connectivity index (χ0v) is 9.98. The van der Waals surface area contributed by atoms with Gasteiger partial charge in [-0.3, -0.25) is 0 Å². The summed E-state index contributed by atoms with van der Waals surface area (Å²) in [6, 6.07) is 6.74. The van der Waals surface area contributed by atoms with E-state index in [-0.39, 0.29) is 6.61 Å². The van der Waals surface area contributed by atoms with E-state index in [2.05, 4.69) is 0 Å². The SMILES string of the molecule is O=C(O)/C=C/c1cccc(COCCC(F)(F)F)c1. The molecule has 0 unspecified atom stereocenters. The van der Waals surface area contributed by atoms with E-state index >= 15 is 0 Å². The lowest BCUT2D eigenvalue weighted by atomic mass is 10.1. The number of hydrogen-bond donors (Lipinski definition) is 1. The molecular weight excluding hydrogens is 261 g/mol. The molecule has 0 saturated heterocycles. The molecule has 0 atom stereocenters. The van der Waals surface area contributed by atoms with Crippen molar-refractivity contribution >= 4 is 12.0 Å². The molecule has 0 bridgehead atoms. The van der Waals surface area contributed by atoms with Crippen LogP contribution < -0.4 is 0 Å². The molecular formula is C13H13F3O3. The topological polar surface area (TPSA) is 46.5 Å². The fourth-order valence-corrected chi connectivity index (χ4v) is 1.33. The van der Waals surface area contributed by atoms with Gasteiger partial charge in [-0.25, -0.2) is 4.79 Å². The van der Waals surface area contributed by atoms with Gasteiger partial charge in [-0.1, -0.05) is 18.2 Å². The smallest absolute Gasteiger partial charge is 0.391 e. The molecule has 0 aromatic heterocycles. The van der Waals surface area contributed by atoms with Gasteiger partial charge in [0.05, 0.1) is 19.6 Å². The standard InChI is InChI=1S/C13H13F3O3/c14-13(15,16)6-7-19-9-11-3-1-2-10(8-11)4-5-12(17)18/h1-5,8H,6-7,9H2,(H,17,18)/b5-4+. The van der Waals surface area contributed by atoms with Crippen LogP contribution in [0.4, 0.5) is 13.2 Å². The number of aliphatic carboxylic acids is 1. The van der Waals surface area contributed by atoms with E-state index in [1.165, 1.54) is 6.08 Å². The van der Waals surface area contributed by atoms with Gasteiger partial charge in [-0.05, 0) is 23.3 Å². The van der Waals surface area contributed by atoms with Crippen LogP contribution in [0.1, 0.15) is 17.5 Å². The Morgan fingerprint density at radius 1 is 1.37 bits per heavy atom. The molecule has 0 aliphatic heterocycles. The minimum absolute atomic E-state index is 0.0603. The number of rotatable bonds is 6.